The van der Waals surface area contributed by atoms with Crippen LogP contribution in [0.5, 0.6) is 0 Å². The topological polar surface area (TPSA) is 32.6 Å². The first-order valence-electron chi connectivity index (χ1n) is 3.21. The van der Waals surface area contributed by atoms with Crippen LogP contribution in [0.3, 0.4) is 0 Å². The lowest BCUT2D eigenvalue weighted by Crippen LogP contribution is -2.11. The number of rotatable bonds is 4. The van der Waals surface area contributed by atoms with E-state index in [4.69, 9.17) is 5.02 Å². The molecule has 0 unspecified atom stereocenters. The van der Waals surface area contributed by atoms with Gasteiger partial charge in [0.2, 0.25) is 0 Å². The first kappa shape index (κ1) is 9.17. The lowest BCUT2D eigenvalue weighted by molar-refractivity contribution is 0.582. The van der Waals surface area contributed by atoms with Crippen molar-refractivity contribution in [3.05, 3.63) is 24.3 Å². The second kappa shape index (κ2) is 5.00. The van der Waals surface area contributed by atoms with Crippen molar-refractivity contribution in [2.45, 2.75) is 13.2 Å². The Morgan fingerprint density at radius 1 is 1.80 bits per heavy atom. The van der Waals surface area contributed by atoms with Crippen molar-refractivity contribution in [3.63, 3.8) is 0 Å². The molecule has 0 radical (unpaired) electrons. The normalized spacial score (nSPS) is 9.80. The van der Waals surface area contributed by atoms with Crippen LogP contribution in [-0.4, -0.2) is 18.7 Å². The number of hydrogen-bond acceptors (Lipinski definition) is 2. The summed E-state index contributed by atoms with van der Waals surface area (Å²) in [6.45, 7) is 8.34. The third-order valence-corrected chi connectivity index (χ3v) is 1.21. The minimum absolute atomic E-state index is 0.446. The van der Waals surface area contributed by atoms with Gasteiger partial charge in [0.15, 0.2) is 0 Å². The van der Waals surface area contributed by atoms with Crippen LogP contribution in [0.1, 0.15) is 6.92 Å². The van der Waals surface area contributed by atoms with E-state index in [1.807, 2.05) is 6.92 Å². The van der Waals surface area contributed by atoms with E-state index in [9.17, 15) is 0 Å². The third-order valence-electron chi connectivity index (χ3n) is 1.21. The molecular weight excluding hydrogens is 125 g/mol. The summed E-state index contributed by atoms with van der Waals surface area (Å²) in [5, 5.41) is 9.14. The maximum absolute atomic E-state index is 9.14. The quantitative estimate of drug-likeness (QED) is 0.353. The van der Waals surface area contributed by atoms with Gasteiger partial charge in [0.1, 0.15) is 0 Å². The first-order chi connectivity index (χ1) is 4.72. The molecule has 0 aromatic heterocycles. The molecule has 0 amide bonds. The van der Waals surface area contributed by atoms with Gasteiger partial charge in [-0.05, 0) is 19.1 Å². The number of nitrogens with zero attached hydrogens (tertiary/aromatic N) is 1. The average Bonchev–Trinajstić information content (AvgIpc) is 1.98. The second-order valence-electron chi connectivity index (χ2n) is 2.00. The van der Waals surface area contributed by atoms with Crippen LogP contribution >= 0.6 is 0 Å². The number of allylic oxidation sites excluding steroid dienone is 2. The predicted octanol–water partition coefficient (Wildman–Crippen LogP) is 1.30. The van der Waals surface area contributed by atoms with E-state index in [1.54, 1.807) is 6.08 Å². The van der Waals surface area contributed by atoms with Crippen LogP contribution in [0.4, 0.5) is 0 Å². The van der Waals surface area contributed by atoms with E-state index in [2.05, 4.69) is 18.3 Å². The summed E-state index contributed by atoms with van der Waals surface area (Å²) in [5.74, 6) is 0. The second-order valence-corrected chi connectivity index (χ2v) is 2.00. The van der Waals surface area contributed by atoms with Crippen LogP contribution in [0.25, 0.3) is 0 Å². The van der Waals surface area contributed by atoms with E-state index in [0.29, 0.717) is 11.8 Å². The van der Waals surface area contributed by atoms with Crippen molar-refractivity contribution < 1.29 is 5.02 Å². The fourth-order valence-electron chi connectivity index (χ4n) is 0.522. The van der Waals surface area contributed by atoms with Gasteiger partial charge in [0.05, 0.1) is 0 Å². The van der Waals surface area contributed by atoms with Gasteiger partial charge in [-0.3, -0.25) is 4.99 Å². The van der Waals surface area contributed by atoms with Crippen molar-refractivity contribution >= 4 is 13.6 Å². The summed E-state index contributed by atoms with van der Waals surface area (Å²) in [6, 6.07) is 0. The van der Waals surface area contributed by atoms with Gasteiger partial charge in [0, 0.05) is 6.20 Å². The first-order valence-corrected chi connectivity index (χ1v) is 3.21. The zero-order valence-electron chi connectivity index (χ0n) is 6.25. The molecule has 10 heavy (non-hydrogen) atoms. The molecule has 3 heteroatoms. The van der Waals surface area contributed by atoms with Crippen molar-refractivity contribution in [2.75, 3.05) is 0 Å². The summed E-state index contributed by atoms with van der Waals surface area (Å²) < 4.78 is 0. The molecule has 0 aliphatic heterocycles. The average molecular weight is 137 g/mol. The van der Waals surface area contributed by atoms with Crippen molar-refractivity contribution in [1.29, 1.82) is 0 Å². The SMILES string of the molecule is C=NC=CC(=C)B(O)CC. The summed E-state index contributed by atoms with van der Waals surface area (Å²) in [6.07, 6.45) is 3.85. The molecule has 0 atom stereocenters. The Hall–Kier alpha value is -0.825. The van der Waals surface area contributed by atoms with Gasteiger partial charge in [-0.25, -0.2) is 0 Å². The van der Waals surface area contributed by atoms with Crippen LogP contribution in [0.2, 0.25) is 6.32 Å². The van der Waals surface area contributed by atoms with E-state index in [0.717, 1.165) is 0 Å². The Morgan fingerprint density at radius 2 is 2.40 bits per heavy atom. The van der Waals surface area contributed by atoms with Crippen molar-refractivity contribution in [1.82, 2.24) is 0 Å². The molecule has 1 N–H and O–H groups in total. The lowest BCUT2D eigenvalue weighted by atomic mass is 9.59. The Balaban J connectivity index is 3.83. The maximum atomic E-state index is 9.14. The highest BCUT2D eigenvalue weighted by Crippen LogP contribution is 2.00. The summed E-state index contributed by atoms with van der Waals surface area (Å²) in [5.41, 5.74) is 0.676. The fourth-order valence-corrected chi connectivity index (χ4v) is 0.522. The molecule has 0 rings (SSSR count). The molecule has 54 valence electrons. The monoisotopic (exact) mass is 137 g/mol. The molecule has 0 bridgehead atoms. The summed E-state index contributed by atoms with van der Waals surface area (Å²) in [4.78, 5) is 3.49. The molecular formula is C7H12BNO. The predicted molar refractivity (Wildman–Crippen MR) is 46.3 cm³/mol. The minimum Gasteiger partial charge on any atom is -0.446 e. The molecule has 0 aliphatic carbocycles. The Bertz CT molecular complexity index is 154. The standard InChI is InChI=1S/C7H12BNO/c1-4-8(10)7(2)5-6-9-3/h5-6,10H,2-4H2,1H3. The minimum atomic E-state index is -0.446. The highest BCUT2D eigenvalue weighted by molar-refractivity contribution is 6.59. The van der Waals surface area contributed by atoms with Crippen molar-refractivity contribution in [2.24, 2.45) is 4.99 Å². The van der Waals surface area contributed by atoms with Gasteiger partial charge >= 0.3 is 6.92 Å². The third kappa shape index (κ3) is 3.25. The molecule has 0 spiro atoms. The Morgan fingerprint density at radius 3 is 2.80 bits per heavy atom. The fraction of sp³-hybridized carbons (Fsp3) is 0.286. The van der Waals surface area contributed by atoms with Gasteiger partial charge in [-0.1, -0.05) is 12.4 Å². The molecule has 2 nitrogen and oxygen atoms in total. The molecule has 0 saturated heterocycles. The van der Waals surface area contributed by atoms with Gasteiger partial charge in [0.25, 0.3) is 0 Å². The van der Waals surface area contributed by atoms with Crippen LogP contribution < -0.4 is 0 Å². The Kier molecular flexibility index (Phi) is 4.59. The van der Waals surface area contributed by atoms with Crippen LogP contribution in [0.15, 0.2) is 29.3 Å². The number of hydrogen-bond donors (Lipinski definition) is 1. The highest BCUT2D eigenvalue weighted by atomic mass is 16.2. The van der Waals surface area contributed by atoms with Gasteiger partial charge in [-0.15, -0.1) is 6.58 Å². The zero-order chi connectivity index (χ0) is 7.98. The zero-order valence-corrected chi connectivity index (χ0v) is 6.25. The largest absolute Gasteiger partial charge is 0.446 e. The Labute approximate surface area is 62.1 Å². The van der Waals surface area contributed by atoms with Crippen LogP contribution in [-0.2, 0) is 0 Å². The van der Waals surface area contributed by atoms with Crippen molar-refractivity contribution in [3.8, 4) is 0 Å². The van der Waals surface area contributed by atoms with E-state index < -0.39 is 6.92 Å². The number of aliphatic imine (C=N–C) groups is 1. The molecule has 0 fully saturated rings. The van der Waals surface area contributed by atoms with Gasteiger partial charge < -0.3 is 5.02 Å². The smallest absolute Gasteiger partial charge is 0.322 e. The summed E-state index contributed by atoms with van der Waals surface area (Å²) in [7, 11) is 0. The molecule has 0 aliphatic rings. The molecule has 0 aromatic carbocycles. The van der Waals surface area contributed by atoms with E-state index in [1.165, 1.54) is 6.20 Å². The van der Waals surface area contributed by atoms with E-state index >= 15 is 0 Å². The lowest BCUT2D eigenvalue weighted by Gasteiger charge is -1.99. The summed E-state index contributed by atoms with van der Waals surface area (Å²) >= 11 is 0. The molecule has 0 saturated carbocycles. The maximum Gasteiger partial charge on any atom is 0.322 e. The van der Waals surface area contributed by atoms with E-state index in [-0.39, 0.29) is 0 Å². The highest BCUT2D eigenvalue weighted by Gasteiger charge is 2.07. The molecule has 0 aromatic rings. The molecule has 0 heterocycles. The van der Waals surface area contributed by atoms with Crippen LogP contribution in [0, 0.1) is 0 Å². The van der Waals surface area contributed by atoms with Gasteiger partial charge in [-0.2, -0.15) is 0 Å².